The summed E-state index contributed by atoms with van der Waals surface area (Å²) < 4.78 is 16.6. The molecule has 1 rings (SSSR count). The Morgan fingerprint density at radius 1 is 1.04 bits per heavy atom. The number of hydrogen-bond acceptors (Lipinski definition) is 5. The predicted molar refractivity (Wildman–Crippen MR) is 95.8 cm³/mol. The van der Waals surface area contributed by atoms with Crippen molar-refractivity contribution in [1.29, 1.82) is 0 Å². The van der Waals surface area contributed by atoms with Gasteiger partial charge in [0, 0.05) is 0 Å². The van der Waals surface area contributed by atoms with Gasteiger partial charge in [0.25, 0.3) is 0 Å². The lowest BCUT2D eigenvalue weighted by Crippen LogP contribution is -2.01. The standard InChI is InChI=1S/C19H25NO4/c1-5-6-11-23-18-14-16(2)19(17(3)15-18)24-12-8-7-10-22-13-9-20-21-4/h5-6,9,14-15H,10-13H2,1-4H3/b6-5+,20-9+. The minimum absolute atomic E-state index is 0.315. The highest BCUT2D eigenvalue weighted by Gasteiger charge is 2.06. The van der Waals surface area contributed by atoms with Crippen molar-refractivity contribution in [1.82, 2.24) is 0 Å². The van der Waals surface area contributed by atoms with Crippen molar-refractivity contribution in [2.75, 3.05) is 33.5 Å². The number of allylic oxidation sites excluding steroid dienone is 1. The van der Waals surface area contributed by atoms with Crippen LogP contribution in [0.4, 0.5) is 0 Å². The first-order valence-corrected chi connectivity index (χ1v) is 7.75. The number of hydrogen-bond donors (Lipinski definition) is 0. The average molecular weight is 331 g/mol. The van der Waals surface area contributed by atoms with E-state index in [1.165, 1.54) is 13.3 Å². The van der Waals surface area contributed by atoms with E-state index in [-0.39, 0.29) is 0 Å². The summed E-state index contributed by atoms with van der Waals surface area (Å²) in [6.45, 7) is 7.54. The first-order chi connectivity index (χ1) is 11.7. The van der Waals surface area contributed by atoms with Gasteiger partial charge >= 0.3 is 0 Å². The summed E-state index contributed by atoms with van der Waals surface area (Å²) in [5, 5.41) is 3.56. The van der Waals surface area contributed by atoms with Crippen LogP contribution in [-0.4, -0.2) is 39.8 Å². The maximum Gasteiger partial charge on any atom is 0.149 e. The summed E-state index contributed by atoms with van der Waals surface area (Å²) in [5.74, 6) is 7.49. The molecule has 0 amide bonds. The molecule has 0 saturated carbocycles. The Kier molecular flexibility index (Phi) is 9.82. The van der Waals surface area contributed by atoms with E-state index in [9.17, 15) is 0 Å². The topological polar surface area (TPSA) is 49.3 Å². The highest BCUT2D eigenvalue weighted by molar-refractivity contribution is 5.57. The Labute approximate surface area is 144 Å². The first-order valence-electron chi connectivity index (χ1n) is 7.75. The van der Waals surface area contributed by atoms with Crippen LogP contribution in [0.5, 0.6) is 11.5 Å². The molecule has 0 fully saturated rings. The van der Waals surface area contributed by atoms with E-state index >= 15 is 0 Å². The van der Waals surface area contributed by atoms with Gasteiger partial charge in [-0.05, 0) is 44.0 Å². The number of ether oxygens (including phenoxy) is 3. The summed E-state index contributed by atoms with van der Waals surface area (Å²) >= 11 is 0. The fourth-order valence-corrected chi connectivity index (χ4v) is 1.94. The molecular weight excluding hydrogens is 306 g/mol. The molecule has 0 aromatic heterocycles. The first kappa shape index (κ1) is 19.6. The highest BCUT2D eigenvalue weighted by atomic mass is 16.6. The Hall–Kier alpha value is -2.45. The highest BCUT2D eigenvalue weighted by Crippen LogP contribution is 2.28. The molecule has 5 nitrogen and oxygen atoms in total. The van der Waals surface area contributed by atoms with Gasteiger partial charge in [0.1, 0.15) is 38.4 Å². The van der Waals surface area contributed by atoms with Crippen LogP contribution in [0.25, 0.3) is 0 Å². The molecular formula is C19H25NO4. The maximum absolute atomic E-state index is 5.75. The van der Waals surface area contributed by atoms with E-state index in [2.05, 4.69) is 21.8 Å². The van der Waals surface area contributed by atoms with Gasteiger partial charge in [0.15, 0.2) is 0 Å². The van der Waals surface area contributed by atoms with E-state index in [0.717, 1.165) is 22.6 Å². The van der Waals surface area contributed by atoms with Crippen LogP contribution in [-0.2, 0) is 9.57 Å². The van der Waals surface area contributed by atoms with E-state index in [1.54, 1.807) is 0 Å². The largest absolute Gasteiger partial charge is 0.490 e. The molecule has 0 saturated heterocycles. The lowest BCUT2D eigenvalue weighted by atomic mass is 10.1. The zero-order chi connectivity index (χ0) is 17.6. The minimum Gasteiger partial charge on any atom is -0.490 e. The lowest BCUT2D eigenvalue weighted by Gasteiger charge is -2.12. The van der Waals surface area contributed by atoms with Crippen molar-refractivity contribution in [3.05, 3.63) is 35.4 Å². The van der Waals surface area contributed by atoms with E-state index in [0.29, 0.717) is 26.4 Å². The molecule has 0 radical (unpaired) electrons. The third-order valence-corrected chi connectivity index (χ3v) is 2.98. The number of nitrogens with zero attached hydrogens (tertiary/aromatic N) is 1. The van der Waals surface area contributed by atoms with Crippen LogP contribution in [0, 0.1) is 25.7 Å². The quantitative estimate of drug-likeness (QED) is 0.229. The molecule has 5 heteroatoms. The molecule has 24 heavy (non-hydrogen) atoms. The number of oxime groups is 1. The molecule has 130 valence electrons. The molecule has 0 aliphatic carbocycles. The molecule has 0 aliphatic heterocycles. The van der Waals surface area contributed by atoms with Crippen LogP contribution in [0.15, 0.2) is 29.4 Å². The Bertz CT molecular complexity index is 589. The van der Waals surface area contributed by atoms with E-state index < -0.39 is 0 Å². The van der Waals surface area contributed by atoms with Gasteiger partial charge in [-0.1, -0.05) is 29.1 Å². The fourth-order valence-electron chi connectivity index (χ4n) is 1.94. The second kappa shape index (κ2) is 12.0. The summed E-state index contributed by atoms with van der Waals surface area (Å²) in [6.07, 6.45) is 5.46. The monoisotopic (exact) mass is 331 g/mol. The van der Waals surface area contributed by atoms with Gasteiger partial charge in [-0.15, -0.1) is 0 Å². The SMILES string of the molecule is C/C=C/COc1cc(C)c(OCC#CCOC/C=N/OC)c(C)c1. The number of benzene rings is 1. The Balaban J connectivity index is 2.44. The van der Waals surface area contributed by atoms with Gasteiger partial charge < -0.3 is 19.0 Å². The van der Waals surface area contributed by atoms with Gasteiger partial charge in [0.2, 0.25) is 0 Å². The van der Waals surface area contributed by atoms with Crippen molar-refractivity contribution in [3.8, 4) is 23.3 Å². The van der Waals surface area contributed by atoms with Crippen molar-refractivity contribution in [2.24, 2.45) is 5.16 Å². The van der Waals surface area contributed by atoms with Gasteiger partial charge in [0.05, 0.1) is 12.8 Å². The van der Waals surface area contributed by atoms with Crippen molar-refractivity contribution >= 4 is 6.21 Å². The maximum atomic E-state index is 5.75. The second-order valence-corrected chi connectivity index (χ2v) is 4.89. The van der Waals surface area contributed by atoms with E-state index in [4.69, 9.17) is 14.2 Å². The summed E-state index contributed by atoms with van der Waals surface area (Å²) in [7, 11) is 1.48. The van der Waals surface area contributed by atoms with Gasteiger partial charge in [-0.2, -0.15) is 0 Å². The molecule has 1 aromatic carbocycles. The third kappa shape index (κ3) is 7.70. The molecule has 0 heterocycles. The van der Waals surface area contributed by atoms with Crippen molar-refractivity contribution < 1.29 is 19.0 Å². The van der Waals surface area contributed by atoms with Crippen LogP contribution in [0.1, 0.15) is 18.1 Å². The Morgan fingerprint density at radius 3 is 2.42 bits per heavy atom. The summed E-state index contributed by atoms with van der Waals surface area (Å²) in [5.41, 5.74) is 2.05. The van der Waals surface area contributed by atoms with E-state index in [1.807, 2.05) is 45.1 Å². The van der Waals surface area contributed by atoms with Crippen LogP contribution in [0.3, 0.4) is 0 Å². The molecule has 0 aliphatic rings. The van der Waals surface area contributed by atoms with Crippen LogP contribution >= 0.6 is 0 Å². The molecule has 0 bridgehead atoms. The average Bonchev–Trinajstić information content (AvgIpc) is 2.55. The molecule has 0 unspecified atom stereocenters. The predicted octanol–water partition coefficient (Wildman–Crippen LogP) is 3.29. The molecule has 0 spiro atoms. The van der Waals surface area contributed by atoms with Gasteiger partial charge in [-0.3, -0.25) is 0 Å². The fraction of sp³-hybridized carbons (Fsp3) is 0.421. The molecule has 1 aromatic rings. The zero-order valence-corrected chi connectivity index (χ0v) is 14.8. The number of aryl methyl sites for hydroxylation is 2. The summed E-state index contributed by atoms with van der Waals surface area (Å²) in [4.78, 5) is 4.52. The third-order valence-electron chi connectivity index (χ3n) is 2.98. The molecule has 0 atom stereocenters. The zero-order valence-electron chi connectivity index (χ0n) is 14.8. The lowest BCUT2D eigenvalue weighted by molar-refractivity contribution is 0.193. The van der Waals surface area contributed by atoms with Gasteiger partial charge in [-0.25, -0.2) is 0 Å². The van der Waals surface area contributed by atoms with Crippen LogP contribution < -0.4 is 9.47 Å². The summed E-state index contributed by atoms with van der Waals surface area (Å²) in [6, 6.07) is 3.94. The minimum atomic E-state index is 0.315. The van der Waals surface area contributed by atoms with Crippen molar-refractivity contribution in [3.63, 3.8) is 0 Å². The smallest absolute Gasteiger partial charge is 0.149 e. The number of rotatable bonds is 9. The van der Waals surface area contributed by atoms with Crippen LogP contribution in [0.2, 0.25) is 0 Å². The van der Waals surface area contributed by atoms with Crippen molar-refractivity contribution in [2.45, 2.75) is 20.8 Å². The Morgan fingerprint density at radius 2 is 1.75 bits per heavy atom. The second-order valence-electron chi connectivity index (χ2n) is 4.89. The molecule has 0 N–H and O–H groups in total. The normalized spacial score (nSPS) is 10.7.